The fourth-order valence-electron chi connectivity index (χ4n) is 2.57. The Morgan fingerprint density at radius 1 is 1.47 bits per heavy atom. The van der Waals surface area contributed by atoms with Gasteiger partial charge in [-0.2, -0.15) is 5.10 Å². The number of aryl methyl sites for hydroxylation is 1. The fraction of sp³-hybridized carbons (Fsp3) is 0.750. The predicted molar refractivity (Wildman–Crippen MR) is 73.4 cm³/mol. The third kappa shape index (κ3) is 3.55. The largest absolute Gasteiger partial charge is 0.302 e. The molecule has 0 unspecified atom stereocenters. The van der Waals surface area contributed by atoms with E-state index >= 15 is 0 Å². The Labute approximate surface area is 114 Å². The molecule has 0 aliphatic heterocycles. The van der Waals surface area contributed by atoms with E-state index < -0.39 is 10.0 Å². The molecule has 1 saturated carbocycles. The Bertz CT molecular complexity index is 506. The van der Waals surface area contributed by atoms with Crippen molar-refractivity contribution in [2.45, 2.75) is 43.5 Å². The fourth-order valence-corrected chi connectivity index (χ4v) is 3.73. The van der Waals surface area contributed by atoms with Gasteiger partial charge in [-0.05, 0) is 26.8 Å². The molecule has 2 rings (SSSR count). The van der Waals surface area contributed by atoms with Crippen LogP contribution in [-0.2, 0) is 10.0 Å². The van der Waals surface area contributed by atoms with Gasteiger partial charge in [0.25, 0.3) is 0 Å². The van der Waals surface area contributed by atoms with Gasteiger partial charge in [0.15, 0.2) is 0 Å². The van der Waals surface area contributed by atoms with E-state index in [1.165, 1.54) is 31.9 Å². The van der Waals surface area contributed by atoms with Gasteiger partial charge in [0, 0.05) is 19.1 Å². The first-order valence-electron chi connectivity index (χ1n) is 6.70. The van der Waals surface area contributed by atoms with Gasteiger partial charge in [0.05, 0.1) is 11.9 Å². The number of aromatic amines is 1. The van der Waals surface area contributed by atoms with Crippen LogP contribution in [0.25, 0.3) is 0 Å². The SMILES string of the molecule is Cc1[nH]ncc1S(=O)(=O)NCCN(C)C1CCCC1. The van der Waals surface area contributed by atoms with Crippen molar-refractivity contribution < 1.29 is 8.42 Å². The Balaban J connectivity index is 1.83. The van der Waals surface area contributed by atoms with E-state index in [1.807, 2.05) is 0 Å². The number of sulfonamides is 1. The van der Waals surface area contributed by atoms with Crippen molar-refractivity contribution in [2.75, 3.05) is 20.1 Å². The van der Waals surface area contributed by atoms with E-state index in [0.29, 0.717) is 18.3 Å². The van der Waals surface area contributed by atoms with Crippen LogP contribution in [0.15, 0.2) is 11.1 Å². The topological polar surface area (TPSA) is 78.1 Å². The summed E-state index contributed by atoms with van der Waals surface area (Å²) in [6.45, 7) is 2.87. The third-order valence-electron chi connectivity index (χ3n) is 3.78. The lowest BCUT2D eigenvalue weighted by atomic mass is 10.2. The molecule has 2 N–H and O–H groups in total. The first kappa shape index (κ1) is 14.5. The van der Waals surface area contributed by atoms with Crippen molar-refractivity contribution >= 4 is 10.0 Å². The zero-order valence-electron chi connectivity index (χ0n) is 11.5. The smallest absolute Gasteiger partial charge is 0.243 e. The van der Waals surface area contributed by atoms with E-state index in [0.717, 1.165) is 6.54 Å². The second kappa shape index (κ2) is 6.02. The van der Waals surface area contributed by atoms with Crippen LogP contribution in [0.3, 0.4) is 0 Å². The molecular formula is C12H22N4O2S. The van der Waals surface area contributed by atoms with Gasteiger partial charge in [-0.3, -0.25) is 5.10 Å². The van der Waals surface area contributed by atoms with Crippen molar-refractivity contribution in [1.82, 2.24) is 19.8 Å². The van der Waals surface area contributed by atoms with Crippen molar-refractivity contribution in [3.8, 4) is 0 Å². The first-order valence-corrected chi connectivity index (χ1v) is 8.19. The lowest BCUT2D eigenvalue weighted by Gasteiger charge is -2.23. The van der Waals surface area contributed by atoms with Crippen LogP contribution < -0.4 is 4.72 Å². The summed E-state index contributed by atoms with van der Waals surface area (Å²) in [5, 5.41) is 6.38. The highest BCUT2D eigenvalue weighted by atomic mass is 32.2. The maximum atomic E-state index is 12.0. The van der Waals surface area contributed by atoms with E-state index in [1.54, 1.807) is 6.92 Å². The van der Waals surface area contributed by atoms with Crippen LogP contribution in [0.1, 0.15) is 31.4 Å². The number of H-pyrrole nitrogens is 1. The molecule has 0 saturated heterocycles. The van der Waals surface area contributed by atoms with Gasteiger partial charge in [0.2, 0.25) is 10.0 Å². The molecule has 1 aromatic heterocycles. The van der Waals surface area contributed by atoms with Crippen LogP contribution in [0, 0.1) is 6.92 Å². The van der Waals surface area contributed by atoms with Crippen LogP contribution in [0.2, 0.25) is 0 Å². The second-order valence-electron chi connectivity index (χ2n) is 5.18. The van der Waals surface area contributed by atoms with Crippen LogP contribution in [0.4, 0.5) is 0 Å². The van der Waals surface area contributed by atoms with E-state index in [9.17, 15) is 8.42 Å². The standard InChI is InChI=1S/C12H22N4O2S/c1-10-12(9-13-15-10)19(17,18)14-7-8-16(2)11-5-3-4-6-11/h9,11,14H,3-8H2,1-2H3,(H,13,15). The van der Waals surface area contributed by atoms with Gasteiger partial charge < -0.3 is 4.90 Å². The lowest BCUT2D eigenvalue weighted by molar-refractivity contribution is 0.250. The van der Waals surface area contributed by atoms with Crippen LogP contribution in [-0.4, -0.2) is 49.7 Å². The van der Waals surface area contributed by atoms with Crippen LogP contribution >= 0.6 is 0 Å². The Morgan fingerprint density at radius 3 is 2.74 bits per heavy atom. The number of likely N-dealkylation sites (N-methyl/N-ethyl adjacent to an activating group) is 1. The summed E-state index contributed by atoms with van der Waals surface area (Å²) in [7, 11) is -1.37. The maximum Gasteiger partial charge on any atom is 0.243 e. The molecule has 1 aromatic rings. The van der Waals surface area contributed by atoms with Crippen molar-refractivity contribution in [1.29, 1.82) is 0 Å². The molecule has 0 aromatic carbocycles. The molecule has 1 aliphatic carbocycles. The number of hydrogen-bond acceptors (Lipinski definition) is 4. The van der Waals surface area contributed by atoms with Gasteiger partial charge in [-0.1, -0.05) is 12.8 Å². The number of rotatable bonds is 6. The highest BCUT2D eigenvalue weighted by molar-refractivity contribution is 7.89. The van der Waals surface area contributed by atoms with Crippen molar-refractivity contribution in [3.63, 3.8) is 0 Å². The first-order chi connectivity index (χ1) is 9.00. The zero-order valence-corrected chi connectivity index (χ0v) is 12.3. The summed E-state index contributed by atoms with van der Waals surface area (Å²) >= 11 is 0. The number of nitrogens with one attached hydrogen (secondary N) is 2. The normalized spacial score (nSPS) is 17.4. The molecule has 0 spiro atoms. The molecule has 7 heteroatoms. The number of nitrogens with zero attached hydrogens (tertiary/aromatic N) is 2. The predicted octanol–water partition coefficient (Wildman–Crippen LogP) is 0.871. The lowest BCUT2D eigenvalue weighted by Crippen LogP contribution is -2.37. The minimum absolute atomic E-state index is 0.232. The zero-order chi connectivity index (χ0) is 13.9. The summed E-state index contributed by atoms with van der Waals surface area (Å²) in [4.78, 5) is 2.48. The van der Waals surface area contributed by atoms with E-state index in [-0.39, 0.29) is 4.90 Å². The molecule has 108 valence electrons. The molecular weight excluding hydrogens is 264 g/mol. The number of aromatic nitrogens is 2. The summed E-state index contributed by atoms with van der Waals surface area (Å²) in [6.07, 6.45) is 6.37. The maximum absolute atomic E-state index is 12.0. The Hall–Kier alpha value is -0.920. The van der Waals surface area contributed by atoms with Crippen molar-refractivity contribution in [2.24, 2.45) is 0 Å². The minimum atomic E-state index is -3.44. The van der Waals surface area contributed by atoms with E-state index in [4.69, 9.17) is 0 Å². The molecule has 1 fully saturated rings. The monoisotopic (exact) mass is 286 g/mol. The average molecular weight is 286 g/mol. The molecule has 0 atom stereocenters. The highest BCUT2D eigenvalue weighted by Gasteiger charge is 2.21. The molecule has 19 heavy (non-hydrogen) atoms. The van der Waals surface area contributed by atoms with Gasteiger partial charge in [0.1, 0.15) is 4.90 Å². The molecule has 1 heterocycles. The van der Waals surface area contributed by atoms with Crippen molar-refractivity contribution in [3.05, 3.63) is 11.9 Å². The molecule has 0 radical (unpaired) electrons. The molecule has 1 aliphatic rings. The summed E-state index contributed by atoms with van der Waals surface area (Å²) in [5.74, 6) is 0. The summed E-state index contributed by atoms with van der Waals surface area (Å²) in [5.41, 5.74) is 0.566. The van der Waals surface area contributed by atoms with Gasteiger partial charge in [-0.25, -0.2) is 13.1 Å². The quantitative estimate of drug-likeness (QED) is 0.813. The molecule has 0 bridgehead atoms. The summed E-state index contributed by atoms with van der Waals surface area (Å²) < 4.78 is 26.7. The number of hydrogen-bond donors (Lipinski definition) is 2. The minimum Gasteiger partial charge on any atom is -0.302 e. The van der Waals surface area contributed by atoms with Gasteiger partial charge >= 0.3 is 0 Å². The Kier molecular flexibility index (Phi) is 4.59. The highest BCUT2D eigenvalue weighted by Crippen LogP contribution is 2.21. The Morgan fingerprint density at radius 2 is 2.16 bits per heavy atom. The summed E-state index contributed by atoms with van der Waals surface area (Å²) in [6, 6.07) is 0.611. The van der Waals surface area contributed by atoms with Gasteiger partial charge in [-0.15, -0.1) is 0 Å². The second-order valence-corrected chi connectivity index (χ2v) is 6.91. The van der Waals surface area contributed by atoms with E-state index in [2.05, 4.69) is 26.9 Å². The average Bonchev–Trinajstić information content (AvgIpc) is 2.98. The molecule has 0 amide bonds. The van der Waals surface area contributed by atoms with Crippen LogP contribution in [0.5, 0.6) is 0 Å². The molecule has 6 nitrogen and oxygen atoms in total. The third-order valence-corrected chi connectivity index (χ3v) is 5.35.